The molecule has 0 aromatic rings. The van der Waals surface area contributed by atoms with Gasteiger partial charge >= 0.3 is 17.9 Å². The number of allylic oxidation sites excluding steroid dienone is 12. The summed E-state index contributed by atoms with van der Waals surface area (Å²) in [5.74, 6) is -0.878. The Bertz CT molecular complexity index is 1310. The molecule has 6 nitrogen and oxygen atoms in total. The molecule has 0 aromatic heterocycles. The molecule has 0 aliphatic rings. The maximum Gasteiger partial charge on any atom is 0.306 e. The number of carbonyl (C=O) groups excluding carboxylic acids is 3. The molecule has 0 N–H and O–H groups in total. The molecule has 0 aliphatic carbocycles. The molecule has 0 radical (unpaired) electrons. The van der Waals surface area contributed by atoms with Crippen molar-refractivity contribution in [2.45, 2.75) is 303 Å². The van der Waals surface area contributed by atoms with Gasteiger partial charge in [-0.15, -0.1) is 0 Å². The normalized spacial score (nSPS) is 12.6. The fourth-order valence-electron chi connectivity index (χ4n) is 8.45. The van der Waals surface area contributed by atoms with Gasteiger partial charge in [0, 0.05) is 19.3 Å². The lowest BCUT2D eigenvalue weighted by Gasteiger charge is -2.18. The Hall–Kier alpha value is -3.15. The van der Waals surface area contributed by atoms with Crippen molar-refractivity contribution < 1.29 is 28.6 Å². The Kier molecular flexibility index (Phi) is 55.8. The zero-order valence-corrected chi connectivity index (χ0v) is 46.3. The van der Waals surface area contributed by atoms with Crippen LogP contribution in [0.15, 0.2) is 72.9 Å². The molecule has 6 heteroatoms. The Morgan fingerprint density at radius 2 is 0.571 bits per heavy atom. The Morgan fingerprint density at radius 1 is 0.300 bits per heavy atom. The van der Waals surface area contributed by atoms with E-state index in [0.29, 0.717) is 19.3 Å². The standard InChI is InChI=1S/C64H112O6/c1-4-7-10-13-16-19-22-24-26-27-28-29-30-31-32-33-34-35-36-37-38-40-42-45-48-51-54-57-63(66)69-60-61(59-68-62(65)56-53-50-47-44-41-21-18-15-12-9-6-3)70-64(67)58-55-52-49-46-43-39-25-23-20-17-14-11-8-5-2/h7,10,15-16,18-19,24,26,28-29,31-32,61H,4-6,8-9,11-14,17,20-23,25,27,30,33-60H2,1-3H3/b10-7-,18-15-,19-16-,26-24-,29-28-,32-31-. The molecule has 1 unspecified atom stereocenters. The van der Waals surface area contributed by atoms with Crippen LogP contribution in [-0.2, 0) is 28.6 Å². The molecule has 0 aliphatic heterocycles. The van der Waals surface area contributed by atoms with Crippen LogP contribution in [0.1, 0.15) is 297 Å². The molecule has 0 saturated carbocycles. The van der Waals surface area contributed by atoms with Crippen molar-refractivity contribution in [3.8, 4) is 0 Å². The predicted molar refractivity (Wildman–Crippen MR) is 302 cm³/mol. The average molecular weight is 978 g/mol. The largest absolute Gasteiger partial charge is 0.462 e. The van der Waals surface area contributed by atoms with Crippen molar-refractivity contribution in [2.75, 3.05) is 13.2 Å². The van der Waals surface area contributed by atoms with E-state index in [1.807, 2.05) is 0 Å². The Balaban J connectivity index is 4.22. The highest BCUT2D eigenvalue weighted by atomic mass is 16.6. The quantitative estimate of drug-likeness (QED) is 0.0261. The van der Waals surface area contributed by atoms with Crippen LogP contribution in [0.4, 0.5) is 0 Å². The number of rotatable bonds is 54. The van der Waals surface area contributed by atoms with E-state index in [-0.39, 0.29) is 31.1 Å². The molecule has 0 spiro atoms. The molecule has 0 amide bonds. The van der Waals surface area contributed by atoms with E-state index in [0.717, 1.165) is 96.3 Å². The van der Waals surface area contributed by atoms with Gasteiger partial charge in [-0.05, 0) is 83.5 Å². The van der Waals surface area contributed by atoms with Crippen LogP contribution < -0.4 is 0 Å². The number of hydrogen-bond acceptors (Lipinski definition) is 6. The summed E-state index contributed by atoms with van der Waals surface area (Å²) in [6, 6.07) is 0. The highest BCUT2D eigenvalue weighted by Gasteiger charge is 2.19. The SMILES string of the molecule is CC/C=C\C/C=C\C/C=C\C/C=C\C/C=C\CCCCCCCCCCCCCC(=O)OCC(COC(=O)CCCCCCC/C=C\CCCC)OC(=O)CCCCCCCCCCCCCCCC. The second-order valence-electron chi connectivity index (χ2n) is 19.9. The highest BCUT2D eigenvalue weighted by molar-refractivity contribution is 5.71. The van der Waals surface area contributed by atoms with Gasteiger partial charge in [0.1, 0.15) is 13.2 Å². The van der Waals surface area contributed by atoms with Gasteiger partial charge in [-0.3, -0.25) is 14.4 Å². The minimum absolute atomic E-state index is 0.0765. The van der Waals surface area contributed by atoms with Gasteiger partial charge < -0.3 is 14.2 Å². The second kappa shape index (κ2) is 58.4. The molecule has 70 heavy (non-hydrogen) atoms. The maximum atomic E-state index is 12.8. The minimum atomic E-state index is -0.777. The molecule has 0 bridgehead atoms. The van der Waals surface area contributed by atoms with Gasteiger partial charge in [-0.25, -0.2) is 0 Å². The van der Waals surface area contributed by atoms with Crippen LogP contribution in [0.3, 0.4) is 0 Å². The number of ether oxygens (including phenoxy) is 3. The lowest BCUT2D eigenvalue weighted by atomic mass is 10.0. The average Bonchev–Trinajstić information content (AvgIpc) is 3.36. The van der Waals surface area contributed by atoms with E-state index in [9.17, 15) is 14.4 Å². The van der Waals surface area contributed by atoms with E-state index in [1.165, 1.54) is 161 Å². The third-order valence-corrected chi connectivity index (χ3v) is 12.9. The minimum Gasteiger partial charge on any atom is -0.462 e. The van der Waals surface area contributed by atoms with Crippen LogP contribution in [0.25, 0.3) is 0 Å². The third-order valence-electron chi connectivity index (χ3n) is 12.9. The van der Waals surface area contributed by atoms with E-state index in [2.05, 4.69) is 93.7 Å². The zero-order valence-electron chi connectivity index (χ0n) is 46.3. The molecule has 0 saturated heterocycles. The topological polar surface area (TPSA) is 78.9 Å². The van der Waals surface area contributed by atoms with E-state index < -0.39 is 6.10 Å². The van der Waals surface area contributed by atoms with Gasteiger partial charge in [0.05, 0.1) is 0 Å². The molecule has 0 aromatic carbocycles. The van der Waals surface area contributed by atoms with Crippen molar-refractivity contribution in [3.63, 3.8) is 0 Å². The number of hydrogen-bond donors (Lipinski definition) is 0. The summed E-state index contributed by atoms with van der Waals surface area (Å²) in [5.41, 5.74) is 0. The molecule has 0 heterocycles. The van der Waals surface area contributed by atoms with Crippen LogP contribution >= 0.6 is 0 Å². The summed E-state index contributed by atoms with van der Waals surface area (Å²) in [5, 5.41) is 0. The van der Waals surface area contributed by atoms with E-state index in [4.69, 9.17) is 14.2 Å². The van der Waals surface area contributed by atoms with Crippen molar-refractivity contribution in [1.29, 1.82) is 0 Å². The first kappa shape index (κ1) is 66.9. The van der Waals surface area contributed by atoms with Gasteiger partial charge in [0.15, 0.2) is 6.10 Å². The van der Waals surface area contributed by atoms with Gasteiger partial charge in [-0.2, -0.15) is 0 Å². The summed E-state index contributed by atoms with van der Waals surface area (Å²) < 4.78 is 16.9. The lowest BCUT2D eigenvalue weighted by Crippen LogP contribution is -2.30. The fraction of sp³-hybridized carbons (Fsp3) is 0.766. The fourth-order valence-corrected chi connectivity index (χ4v) is 8.45. The first-order valence-electron chi connectivity index (χ1n) is 29.9. The van der Waals surface area contributed by atoms with Crippen molar-refractivity contribution >= 4 is 17.9 Å². The van der Waals surface area contributed by atoms with E-state index >= 15 is 0 Å². The van der Waals surface area contributed by atoms with Gasteiger partial charge in [0.2, 0.25) is 0 Å². The first-order valence-corrected chi connectivity index (χ1v) is 29.9. The zero-order chi connectivity index (χ0) is 50.7. The van der Waals surface area contributed by atoms with Crippen molar-refractivity contribution in [2.24, 2.45) is 0 Å². The van der Waals surface area contributed by atoms with Gasteiger partial charge in [0.25, 0.3) is 0 Å². The summed E-state index contributed by atoms with van der Waals surface area (Å²) in [7, 11) is 0. The van der Waals surface area contributed by atoms with Crippen LogP contribution in [0.2, 0.25) is 0 Å². The second-order valence-corrected chi connectivity index (χ2v) is 19.9. The van der Waals surface area contributed by atoms with Crippen LogP contribution in [-0.4, -0.2) is 37.2 Å². The summed E-state index contributed by atoms with van der Waals surface area (Å²) in [6.07, 6.45) is 74.7. The first-order chi connectivity index (χ1) is 34.5. The molecular weight excluding hydrogens is 865 g/mol. The molecule has 1 atom stereocenters. The Labute approximate surface area is 433 Å². The monoisotopic (exact) mass is 977 g/mol. The molecule has 0 fully saturated rings. The highest BCUT2D eigenvalue weighted by Crippen LogP contribution is 2.16. The predicted octanol–water partition coefficient (Wildman–Crippen LogP) is 20.2. The van der Waals surface area contributed by atoms with Crippen LogP contribution in [0, 0.1) is 0 Å². The molecule has 0 rings (SSSR count). The van der Waals surface area contributed by atoms with Crippen molar-refractivity contribution in [1.82, 2.24) is 0 Å². The number of unbranched alkanes of at least 4 members (excludes halogenated alkanes) is 31. The summed E-state index contributed by atoms with van der Waals surface area (Å²) in [4.78, 5) is 38.1. The third kappa shape index (κ3) is 55.8. The molecular formula is C64H112O6. The summed E-state index contributed by atoms with van der Waals surface area (Å²) in [6.45, 7) is 6.50. The number of esters is 3. The van der Waals surface area contributed by atoms with Crippen molar-refractivity contribution in [3.05, 3.63) is 72.9 Å². The maximum absolute atomic E-state index is 12.8. The van der Waals surface area contributed by atoms with E-state index in [1.54, 1.807) is 0 Å². The van der Waals surface area contributed by atoms with Gasteiger partial charge in [-0.1, -0.05) is 267 Å². The Morgan fingerprint density at radius 3 is 0.929 bits per heavy atom. The lowest BCUT2D eigenvalue weighted by molar-refractivity contribution is -0.167. The van der Waals surface area contributed by atoms with Crippen LogP contribution in [0.5, 0.6) is 0 Å². The molecule has 404 valence electrons. The number of carbonyl (C=O) groups is 3. The smallest absolute Gasteiger partial charge is 0.306 e. The summed E-state index contributed by atoms with van der Waals surface area (Å²) >= 11 is 0.